The Hall–Kier alpha value is -1.48. The van der Waals surface area contributed by atoms with Crippen LogP contribution in [-0.2, 0) is 14.6 Å². The van der Waals surface area contributed by atoms with E-state index in [9.17, 15) is 22.4 Å². The van der Waals surface area contributed by atoms with Crippen molar-refractivity contribution in [2.75, 3.05) is 6.26 Å². The van der Waals surface area contributed by atoms with Crippen LogP contribution in [0.5, 0.6) is 0 Å². The largest absolute Gasteiger partial charge is 0.480 e. The third-order valence-electron chi connectivity index (χ3n) is 2.37. The smallest absolute Gasteiger partial charge is 0.325 e. The zero-order valence-corrected chi connectivity index (χ0v) is 12.9. The zero-order chi connectivity index (χ0) is 15.7. The van der Waals surface area contributed by atoms with Gasteiger partial charge in [-0.3, -0.25) is 9.59 Å². The van der Waals surface area contributed by atoms with Crippen molar-refractivity contribution in [2.45, 2.75) is 17.9 Å². The Morgan fingerprint density at radius 1 is 1.40 bits per heavy atom. The second kappa shape index (κ2) is 5.88. The molecule has 6 nitrogen and oxygen atoms in total. The molecule has 1 aromatic rings. The van der Waals surface area contributed by atoms with Gasteiger partial charge < -0.3 is 10.4 Å². The van der Waals surface area contributed by atoms with Crippen LogP contribution in [0.3, 0.4) is 0 Å². The topological polar surface area (TPSA) is 101 Å². The van der Waals surface area contributed by atoms with Gasteiger partial charge >= 0.3 is 5.97 Å². The van der Waals surface area contributed by atoms with Crippen LogP contribution in [0.2, 0.25) is 0 Å². The molecule has 0 fully saturated rings. The Bertz CT molecular complexity index is 674. The maximum Gasteiger partial charge on any atom is 0.325 e. The van der Waals surface area contributed by atoms with E-state index in [0.29, 0.717) is 0 Å². The highest BCUT2D eigenvalue weighted by Gasteiger charge is 2.24. The van der Waals surface area contributed by atoms with Crippen molar-refractivity contribution in [3.63, 3.8) is 0 Å². The summed E-state index contributed by atoms with van der Waals surface area (Å²) in [6.45, 7) is 1.20. The predicted molar refractivity (Wildman–Crippen MR) is 71.8 cm³/mol. The molecule has 1 unspecified atom stereocenters. The maximum absolute atomic E-state index is 14.0. The zero-order valence-electron chi connectivity index (χ0n) is 10.5. The molecule has 0 radical (unpaired) electrons. The minimum atomic E-state index is -3.86. The molecule has 0 bridgehead atoms. The highest BCUT2D eigenvalue weighted by Crippen LogP contribution is 2.24. The summed E-state index contributed by atoms with van der Waals surface area (Å²) in [6, 6.07) is 0.873. The van der Waals surface area contributed by atoms with Crippen LogP contribution >= 0.6 is 15.9 Å². The number of carboxylic acids is 1. The van der Waals surface area contributed by atoms with E-state index in [2.05, 4.69) is 15.9 Å². The van der Waals surface area contributed by atoms with Crippen molar-refractivity contribution in [3.05, 3.63) is 28.0 Å². The number of nitrogens with one attached hydrogen (secondary N) is 1. The third kappa shape index (κ3) is 3.76. The Morgan fingerprint density at radius 3 is 2.40 bits per heavy atom. The third-order valence-corrected chi connectivity index (χ3v) is 3.92. The van der Waals surface area contributed by atoms with Crippen molar-refractivity contribution < 1.29 is 27.5 Å². The average Bonchev–Trinajstić information content (AvgIpc) is 2.29. The predicted octanol–water partition coefficient (Wildman–Crippen LogP) is 1.19. The number of hydrogen-bond donors (Lipinski definition) is 2. The Kier molecular flexibility index (Phi) is 4.87. The number of hydrogen-bond acceptors (Lipinski definition) is 4. The minimum absolute atomic E-state index is 0.187. The molecule has 9 heteroatoms. The summed E-state index contributed by atoms with van der Waals surface area (Å²) in [5.74, 6) is -3.52. The summed E-state index contributed by atoms with van der Waals surface area (Å²) < 4.78 is 37.1. The number of carboxylic acid groups (broad SMARTS) is 1. The van der Waals surface area contributed by atoms with Crippen LogP contribution in [0, 0.1) is 5.82 Å². The monoisotopic (exact) mass is 367 g/mol. The van der Waals surface area contributed by atoms with Gasteiger partial charge in [-0.1, -0.05) is 15.9 Å². The van der Waals surface area contributed by atoms with Crippen molar-refractivity contribution in [3.8, 4) is 0 Å². The summed E-state index contributed by atoms with van der Waals surface area (Å²) in [6.07, 6.45) is 0.805. The molecule has 2 N–H and O–H groups in total. The summed E-state index contributed by atoms with van der Waals surface area (Å²) in [5.41, 5.74) is -0.548. The van der Waals surface area contributed by atoms with Crippen LogP contribution in [0.1, 0.15) is 17.3 Å². The number of benzene rings is 1. The molecule has 0 aliphatic rings. The van der Waals surface area contributed by atoms with E-state index in [-0.39, 0.29) is 4.47 Å². The van der Waals surface area contributed by atoms with Crippen LogP contribution in [0.25, 0.3) is 0 Å². The first-order valence-corrected chi connectivity index (χ1v) is 7.95. The van der Waals surface area contributed by atoms with E-state index in [4.69, 9.17) is 5.11 Å². The van der Waals surface area contributed by atoms with Crippen molar-refractivity contribution in [2.24, 2.45) is 0 Å². The van der Waals surface area contributed by atoms with Gasteiger partial charge in [0.1, 0.15) is 10.9 Å². The van der Waals surface area contributed by atoms with Crippen LogP contribution < -0.4 is 5.32 Å². The Morgan fingerprint density at radius 2 is 1.95 bits per heavy atom. The first-order valence-electron chi connectivity index (χ1n) is 5.26. The highest BCUT2D eigenvalue weighted by atomic mass is 79.9. The van der Waals surface area contributed by atoms with Crippen LogP contribution in [0.15, 0.2) is 21.5 Å². The molecular weight excluding hydrogens is 357 g/mol. The lowest BCUT2D eigenvalue weighted by Crippen LogP contribution is -2.38. The highest BCUT2D eigenvalue weighted by molar-refractivity contribution is 9.10. The van der Waals surface area contributed by atoms with Gasteiger partial charge in [0.05, 0.1) is 5.56 Å². The average molecular weight is 368 g/mol. The summed E-state index contributed by atoms with van der Waals surface area (Å²) >= 11 is 2.98. The number of rotatable bonds is 4. The molecule has 1 amide bonds. The van der Waals surface area contributed by atoms with Gasteiger partial charge in [-0.25, -0.2) is 12.8 Å². The van der Waals surface area contributed by atoms with E-state index >= 15 is 0 Å². The molecule has 0 saturated heterocycles. The molecule has 0 saturated carbocycles. The lowest BCUT2D eigenvalue weighted by Gasteiger charge is -2.11. The van der Waals surface area contributed by atoms with Crippen molar-refractivity contribution in [1.82, 2.24) is 5.32 Å². The first-order chi connectivity index (χ1) is 9.04. The van der Waals surface area contributed by atoms with Gasteiger partial charge in [-0.2, -0.15) is 0 Å². The fourth-order valence-corrected chi connectivity index (χ4v) is 2.72. The molecule has 1 atom stereocenters. The molecule has 20 heavy (non-hydrogen) atoms. The number of carbonyl (C=O) groups excluding carboxylic acids is 1. The van der Waals surface area contributed by atoms with E-state index in [1.165, 1.54) is 6.92 Å². The number of carbonyl (C=O) groups is 2. The maximum atomic E-state index is 14.0. The van der Waals surface area contributed by atoms with Gasteiger partial charge in [0, 0.05) is 10.7 Å². The normalized spacial score (nSPS) is 12.8. The number of aliphatic carboxylic acids is 1. The molecule has 0 aromatic heterocycles. The molecule has 0 heterocycles. The number of amides is 1. The molecule has 110 valence electrons. The van der Waals surface area contributed by atoms with Gasteiger partial charge in [-0.15, -0.1) is 0 Å². The molecular formula is C11H11BrFNO5S. The number of sulfone groups is 1. The first kappa shape index (κ1) is 16.6. The summed E-state index contributed by atoms with van der Waals surface area (Å²) in [4.78, 5) is 21.8. The molecule has 0 spiro atoms. The molecule has 0 aliphatic heterocycles. The fourth-order valence-electron chi connectivity index (χ4n) is 1.34. The van der Waals surface area contributed by atoms with Gasteiger partial charge in [0.15, 0.2) is 15.7 Å². The molecule has 1 aromatic carbocycles. The second-order valence-electron chi connectivity index (χ2n) is 4.07. The Balaban J connectivity index is 3.30. The van der Waals surface area contributed by atoms with Crippen LogP contribution in [0.4, 0.5) is 4.39 Å². The van der Waals surface area contributed by atoms with Crippen molar-refractivity contribution in [1.29, 1.82) is 0 Å². The number of halogens is 2. The van der Waals surface area contributed by atoms with E-state index in [1.807, 2.05) is 5.32 Å². The minimum Gasteiger partial charge on any atom is -0.480 e. The summed E-state index contributed by atoms with van der Waals surface area (Å²) in [5, 5.41) is 10.7. The van der Waals surface area contributed by atoms with Gasteiger partial charge in [0.25, 0.3) is 5.91 Å². The molecule has 0 aliphatic carbocycles. The van der Waals surface area contributed by atoms with Crippen LogP contribution in [-0.4, -0.2) is 37.7 Å². The SMILES string of the molecule is CC(NC(=O)c1cc(Br)cc(S(C)(=O)=O)c1F)C(=O)O. The standard InChI is InChI=1S/C11H11BrFNO5S/c1-5(11(16)17)14-10(15)7-3-6(12)4-8(9(7)13)20(2,18)19/h3-5H,1-2H3,(H,14,15)(H,16,17). The van der Waals surface area contributed by atoms with E-state index in [1.54, 1.807) is 0 Å². The Labute approximate surface area is 123 Å². The van der Waals surface area contributed by atoms with Gasteiger partial charge in [-0.05, 0) is 19.1 Å². The quantitative estimate of drug-likeness (QED) is 0.832. The molecule has 1 rings (SSSR count). The van der Waals surface area contributed by atoms with Gasteiger partial charge in [0.2, 0.25) is 0 Å². The lowest BCUT2D eigenvalue weighted by atomic mass is 10.2. The lowest BCUT2D eigenvalue weighted by molar-refractivity contribution is -0.138. The van der Waals surface area contributed by atoms with E-state index < -0.39 is 44.0 Å². The second-order valence-corrected chi connectivity index (χ2v) is 6.97. The fraction of sp³-hybridized carbons (Fsp3) is 0.273. The van der Waals surface area contributed by atoms with Crippen molar-refractivity contribution >= 4 is 37.6 Å². The van der Waals surface area contributed by atoms with E-state index in [0.717, 1.165) is 18.4 Å². The summed E-state index contributed by atoms with van der Waals surface area (Å²) in [7, 11) is -3.86.